The lowest BCUT2D eigenvalue weighted by atomic mass is 9.98. The molecule has 1 amide bonds. The number of aromatic nitrogens is 4. The molecule has 2 aromatic carbocycles. The quantitative estimate of drug-likeness (QED) is 0.250. The maximum absolute atomic E-state index is 14.2. The number of halogens is 4. The Morgan fingerprint density at radius 2 is 1.80 bits per heavy atom. The summed E-state index contributed by atoms with van der Waals surface area (Å²) in [6, 6.07) is 12.2. The van der Waals surface area contributed by atoms with E-state index in [4.69, 9.17) is 4.98 Å². The molecule has 0 radical (unpaired) electrons. The van der Waals surface area contributed by atoms with E-state index in [-0.39, 0.29) is 34.5 Å². The summed E-state index contributed by atoms with van der Waals surface area (Å²) in [5.41, 5.74) is 3.29. The van der Waals surface area contributed by atoms with Gasteiger partial charge in [0.05, 0.1) is 29.2 Å². The molecule has 0 fully saturated rings. The molecule has 0 bridgehead atoms. The van der Waals surface area contributed by atoms with Gasteiger partial charge in [0.25, 0.3) is 11.5 Å². The molecule has 5 rings (SSSR count). The number of hydrogen-bond acceptors (Lipinski definition) is 5. The molecule has 8 nitrogen and oxygen atoms in total. The summed E-state index contributed by atoms with van der Waals surface area (Å²) in [4.78, 5) is 34.1. The first-order valence-electron chi connectivity index (χ1n) is 13.8. The summed E-state index contributed by atoms with van der Waals surface area (Å²) in [5, 5.41) is 7.56. The third-order valence-electron chi connectivity index (χ3n) is 7.55. The van der Waals surface area contributed by atoms with Crippen LogP contribution < -0.4 is 10.9 Å². The molecule has 1 unspecified atom stereocenters. The number of nitrogens with zero attached hydrogens (tertiary/aromatic N) is 5. The van der Waals surface area contributed by atoms with Gasteiger partial charge in [0, 0.05) is 40.6 Å². The first-order valence-corrected chi connectivity index (χ1v) is 14.6. The zero-order valence-corrected chi connectivity index (χ0v) is 26.1. The number of rotatable bonds is 6. The molecule has 0 aliphatic carbocycles. The van der Waals surface area contributed by atoms with Crippen LogP contribution in [0.15, 0.2) is 76.7 Å². The fraction of sp³-hybridized carbons (Fsp3) is 0.250. The summed E-state index contributed by atoms with van der Waals surface area (Å²) in [6.07, 6.45) is -0.906. The number of aryl methyl sites for hydroxylation is 2. The Bertz CT molecular complexity index is 1860. The van der Waals surface area contributed by atoms with E-state index in [1.807, 2.05) is 50.4 Å². The van der Waals surface area contributed by atoms with Crippen LogP contribution in [-0.4, -0.2) is 43.2 Å². The first-order chi connectivity index (χ1) is 20.8. The summed E-state index contributed by atoms with van der Waals surface area (Å²) in [5.74, 6) is -0.338. The molecule has 44 heavy (non-hydrogen) atoms. The summed E-state index contributed by atoms with van der Waals surface area (Å²) in [6.45, 7) is 9.26. The van der Waals surface area contributed by atoms with E-state index in [1.165, 1.54) is 21.6 Å². The van der Waals surface area contributed by atoms with Gasteiger partial charge in [-0.05, 0) is 74.7 Å². The van der Waals surface area contributed by atoms with Gasteiger partial charge in [-0.1, -0.05) is 40.7 Å². The van der Waals surface area contributed by atoms with E-state index in [9.17, 15) is 22.8 Å². The van der Waals surface area contributed by atoms with Gasteiger partial charge >= 0.3 is 6.18 Å². The number of nitrogens with one attached hydrogen (secondary N) is 1. The van der Waals surface area contributed by atoms with Crippen molar-refractivity contribution < 1.29 is 18.0 Å². The summed E-state index contributed by atoms with van der Waals surface area (Å²) >= 11 is 2.93. The second-order valence-corrected chi connectivity index (χ2v) is 11.5. The van der Waals surface area contributed by atoms with Crippen molar-refractivity contribution in [3.05, 3.63) is 122 Å². The average Bonchev–Trinajstić information content (AvgIpc) is 3.32. The maximum atomic E-state index is 14.2. The van der Waals surface area contributed by atoms with Crippen LogP contribution in [0.2, 0.25) is 0 Å². The van der Waals surface area contributed by atoms with Gasteiger partial charge in [-0.2, -0.15) is 18.3 Å². The van der Waals surface area contributed by atoms with Crippen LogP contribution in [0.25, 0.3) is 17.2 Å². The largest absolute Gasteiger partial charge is 0.417 e. The molecule has 1 N–H and O–H groups in total. The van der Waals surface area contributed by atoms with Gasteiger partial charge in [-0.25, -0.2) is 14.2 Å². The van der Waals surface area contributed by atoms with Crippen molar-refractivity contribution in [1.82, 2.24) is 29.5 Å². The number of fused-ring (bicyclic) bond motifs is 1. The third kappa shape index (κ3) is 5.73. The van der Waals surface area contributed by atoms with E-state index in [2.05, 4.69) is 32.9 Å². The summed E-state index contributed by atoms with van der Waals surface area (Å²) < 4.78 is 43.6. The van der Waals surface area contributed by atoms with Crippen molar-refractivity contribution in [2.75, 3.05) is 7.05 Å². The van der Waals surface area contributed by atoms with Gasteiger partial charge in [0.2, 0.25) is 5.95 Å². The number of benzene rings is 2. The minimum absolute atomic E-state index is 0.0500. The number of hydrogen-bond donors (Lipinski definition) is 1. The number of carbonyl (C=O) groups excluding carboxylic acids is 1. The van der Waals surface area contributed by atoms with Crippen LogP contribution in [0.3, 0.4) is 0 Å². The van der Waals surface area contributed by atoms with Crippen molar-refractivity contribution in [3.63, 3.8) is 0 Å². The molecule has 1 aliphatic heterocycles. The van der Waals surface area contributed by atoms with E-state index in [0.717, 1.165) is 28.6 Å². The van der Waals surface area contributed by atoms with Crippen molar-refractivity contribution >= 4 is 27.4 Å². The van der Waals surface area contributed by atoms with Crippen molar-refractivity contribution in [2.24, 2.45) is 0 Å². The molecule has 3 heterocycles. The predicted molar refractivity (Wildman–Crippen MR) is 166 cm³/mol. The monoisotopic (exact) mass is 666 g/mol. The van der Waals surface area contributed by atoms with Gasteiger partial charge in [0.15, 0.2) is 0 Å². The van der Waals surface area contributed by atoms with Crippen LogP contribution in [-0.2, 0) is 19.1 Å². The van der Waals surface area contributed by atoms with E-state index in [0.29, 0.717) is 16.9 Å². The van der Waals surface area contributed by atoms with Crippen LogP contribution in [0.4, 0.5) is 13.2 Å². The second kappa shape index (κ2) is 11.9. The number of allylic oxidation sites excluding steroid dienone is 2. The van der Waals surface area contributed by atoms with Crippen LogP contribution in [0, 0.1) is 13.8 Å². The Morgan fingerprint density at radius 1 is 1.11 bits per heavy atom. The van der Waals surface area contributed by atoms with Crippen LogP contribution in [0.5, 0.6) is 0 Å². The lowest BCUT2D eigenvalue weighted by Crippen LogP contribution is -2.46. The number of amides is 1. The fourth-order valence-corrected chi connectivity index (χ4v) is 5.86. The van der Waals surface area contributed by atoms with Gasteiger partial charge in [-0.15, -0.1) is 0 Å². The number of carbonyl (C=O) groups is 1. The van der Waals surface area contributed by atoms with Crippen molar-refractivity contribution in [2.45, 2.75) is 46.0 Å². The first kappa shape index (κ1) is 31.0. The van der Waals surface area contributed by atoms with Gasteiger partial charge in [-0.3, -0.25) is 9.59 Å². The topological polar surface area (TPSA) is 85.1 Å². The highest BCUT2D eigenvalue weighted by Gasteiger charge is 2.36. The Morgan fingerprint density at radius 3 is 2.39 bits per heavy atom. The van der Waals surface area contributed by atoms with Gasteiger partial charge < -0.3 is 10.2 Å². The molecule has 4 aromatic rings. The van der Waals surface area contributed by atoms with E-state index >= 15 is 0 Å². The minimum Gasteiger partial charge on any atom is -0.393 e. The molecular formula is C32H30BrF3N6O2. The molecule has 1 atom stereocenters. The second-order valence-electron chi connectivity index (χ2n) is 10.6. The minimum atomic E-state index is -4.63. The molecular weight excluding hydrogens is 637 g/mol. The SMILES string of the molecule is C=C/C(=C\NC)c1ccc(-n2c(-n3nc(C)cc3C)nc3c(c2=O)CC(C)N(C(=O)c2ccc(Br)c(C(F)(F)F)c2)C3)cc1. The molecule has 0 spiro atoms. The molecule has 1 aliphatic rings. The molecule has 2 aromatic heterocycles. The highest BCUT2D eigenvalue weighted by Crippen LogP contribution is 2.36. The maximum Gasteiger partial charge on any atom is 0.417 e. The Labute approximate surface area is 260 Å². The highest BCUT2D eigenvalue weighted by molar-refractivity contribution is 9.10. The van der Waals surface area contributed by atoms with Crippen LogP contribution in [0.1, 0.15) is 51.1 Å². The molecule has 12 heteroatoms. The Balaban J connectivity index is 1.62. The fourth-order valence-electron chi connectivity index (χ4n) is 5.38. The smallest absolute Gasteiger partial charge is 0.393 e. The van der Waals surface area contributed by atoms with Crippen LogP contribution >= 0.6 is 15.9 Å². The Hall–Kier alpha value is -4.45. The lowest BCUT2D eigenvalue weighted by molar-refractivity contribution is -0.138. The van der Waals surface area contributed by atoms with Crippen molar-refractivity contribution in [3.8, 4) is 11.6 Å². The molecule has 0 saturated heterocycles. The predicted octanol–water partition coefficient (Wildman–Crippen LogP) is 6.15. The molecule has 228 valence electrons. The Kier molecular flexibility index (Phi) is 8.39. The van der Waals surface area contributed by atoms with Crippen molar-refractivity contribution in [1.29, 1.82) is 0 Å². The zero-order valence-electron chi connectivity index (χ0n) is 24.5. The highest BCUT2D eigenvalue weighted by atomic mass is 79.9. The van der Waals surface area contributed by atoms with E-state index in [1.54, 1.807) is 24.7 Å². The molecule has 0 saturated carbocycles. The zero-order chi connectivity index (χ0) is 31.9. The normalized spacial score (nSPS) is 15.2. The van der Waals surface area contributed by atoms with Gasteiger partial charge in [0.1, 0.15) is 0 Å². The average molecular weight is 668 g/mol. The number of alkyl halides is 3. The van der Waals surface area contributed by atoms with E-state index < -0.39 is 23.7 Å². The third-order valence-corrected chi connectivity index (χ3v) is 8.24. The summed E-state index contributed by atoms with van der Waals surface area (Å²) in [7, 11) is 1.80. The lowest BCUT2D eigenvalue weighted by Gasteiger charge is -2.34. The standard InChI is InChI=1S/C32H30BrF3N6O2/c1-6-21(16-37-5)22-7-10-24(11-8-22)41-30(44)25-14-19(3)40(17-28(25)38-31(41)42-20(4)13-18(2)39-42)29(43)23-9-12-27(33)26(15-23)32(34,35)36/h6-13,15-16,19,37H,1,14,17H2,2-5H3/b21-16+.